The molecule has 0 N–H and O–H groups in total. The van der Waals surface area contributed by atoms with Gasteiger partial charge >= 0.3 is 0 Å². The van der Waals surface area contributed by atoms with E-state index in [0.717, 1.165) is 50.7 Å². The molecule has 0 saturated carbocycles. The zero-order valence-electron chi connectivity index (χ0n) is 19.2. The molecule has 2 aliphatic rings. The summed E-state index contributed by atoms with van der Waals surface area (Å²) in [5.74, 6) is 3.15. The van der Waals surface area contributed by atoms with Crippen molar-refractivity contribution in [3.63, 3.8) is 0 Å². The van der Waals surface area contributed by atoms with Gasteiger partial charge in [0.25, 0.3) is 5.56 Å². The molecule has 2 aromatic heterocycles. The van der Waals surface area contributed by atoms with E-state index in [9.17, 15) is 4.79 Å². The number of rotatable bonds is 4. The number of benzene rings is 2. The molecule has 0 saturated heterocycles. The molecule has 0 bridgehead atoms. The molecule has 6 rings (SSSR count). The van der Waals surface area contributed by atoms with E-state index in [1.165, 1.54) is 10.4 Å². The fourth-order valence-electron chi connectivity index (χ4n) is 4.44. The van der Waals surface area contributed by atoms with E-state index in [0.29, 0.717) is 10.9 Å². The fourth-order valence-corrected chi connectivity index (χ4v) is 7.78. The monoisotopic (exact) mass is 508 g/mol. The molecule has 0 spiro atoms. The molecule has 0 unspecified atom stereocenters. The molecule has 0 amide bonds. The minimum Gasteiger partial charge on any atom is -0.454 e. The molecule has 174 valence electrons. The first-order valence-electron chi connectivity index (χ1n) is 11.2. The summed E-state index contributed by atoms with van der Waals surface area (Å²) in [6.45, 7) is 6.82. The van der Waals surface area contributed by atoms with Crippen LogP contribution in [0, 0.1) is 6.92 Å². The number of fused-ring (bicyclic) bond motifs is 4. The summed E-state index contributed by atoms with van der Waals surface area (Å²) >= 11 is 5.21. The molecule has 0 radical (unpaired) electrons. The highest BCUT2D eigenvalue weighted by atomic mass is 32.2. The lowest BCUT2D eigenvalue weighted by molar-refractivity contribution is 0.174. The first kappa shape index (κ1) is 22.1. The van der Waals surface area contributed by atoms with Crippen molar-refractivity contribution in [2.24, 2.45) is 0 Å². The third-order valence-corrected chi connectivity index (χ3v) is 9.82. The quantitative estimate of drug-likeness (QED) is 0.237. The second-order valence-electron chi connectivity index (χ2n) is 9.26. The summed E-state index contributed by atoms with van der Waals surface area (Å²) in [5, 5.41) is 1.51. The van der Waals surface area contributed by atoms with Crippen LogP contribution in [-0.4, -0.2) is 21.1 Å². The fraction of sp³-hybridized carbons (Fsp3) is 0.308. The molecular formula is C26H24N2O3S3. The summed E-state index contributed by atoms with van der Waals surface area (Å²) in [6, 6.07) is 14.1. The van der Waals surface area contributed by atoms with Crippen LogP contribution in [0.1, 0.15) is 35.4 Å². The summed E-state index contributed by atoms with van der Waals surface area (Å²) < 4.78 is 12.9. The zero-order chi connectivity index (χ0) is 23.4. The number of aromatic nitrogens is 2. The van der Waals surface area contributed by atoms with Crippen molar-refractivity contribution in [1.29, 1.82) is 0 Å². The Morgan fingerprint density at radius 2 is 2.00 bits per heavy atom. The highest BCUT2D eigenvalue weighted by molar-refractivity contribution is 8.00. The van der Waals surface area contributed by atoms with Crippen LogP contribution in [0.3, 0.4) is 0 Å². The van der Waals surface area contributed by atoms with Gasteiger partial charge in [-0.3, -0.25) is 9.36 Å². The highest BCUT2D eigenvalue weighted by Gasteiger charge is 2.31. The van der Waals surface area contributed by atoms with E-state index in [1.807, 2.05) is 55.1 Å². The number of thiophene rings is 1. The van der Waals surface area contributed by atoms with Crippen LogP contribution in [0.15, 0.2) is 52.4 Å². The molecule has 0 aliphatic carbocycles. The van der Waals surface area contributed by atoms with Crippen molar-refractivity contribution in [2.45, 2.75) is 48.6 Å². The van der Waals surface area contributed by atoms with Gasteiger partial charge in [0.15, 0.2) is 16.7 Å². The number of nitrogens with zero attached hydrogens (tertiary/aromatic N) is 2. The van der Waals surface area contributed by atoms with E-state index in [4.69, 9.17) is 14.5 Å². The maximum absolute atomic E-state index is 14.0. The first-order chi connectivity index (χ1) is 16.4. The Morgan fingerprint density at radius 3 is 2.85 bits per heavy atom. The van der Waals surface area contributed by atoms with Crippen LogP contribution in [0.4, 0.5) is 0 Å². The van der Waals surface area contributed by atoms with E-state index >= 15 is 0 Å². The van der Waals surface area contributed by atoms with Crippen molar-refractivity contribution in [3.8, 4) is 17.2 Å². The Labute approximate surface area is 210 Å². The normalized spacial score (nSPS) is 16.1. The summed E-state index contributed by atoms with van der Waals surface area (Å²) in [7, 11) is 0. The molecule has 8 heteroatoms. The Bertz CT molecular complexity index is 1490. The van der Waals surface area contributed by atoms with E-state index in [2.05, 4.69) is 19.9 Å². The molecule has 34 heavy (non-hydrogen) atoms. The molecule has 2 aromatic carbocycles. The molecule has 0 fully saturated rings. The van der Waals surface area contributed by atoms with Crippen LogP contribution in [0.25, 0.3) is 15.9 Å². The van der Waals surface area contributed by atoms with Gasteiger partial charge in [0.05, 0.1) is 11.1 Å². The van der Waals surface area contributed by atoms with Crippen molar-refractivity contribution >= 4 is 45.1 Å². The topological polar surface area (TPSA) is 53.4 Å². The molecular weight excluding hydrogens is 484 g/mol. The van der Waals surface area contributed by atoms with Crippen LogP contribution in [0.2, 0.25) is 0 Å². The number of ether oxygens (including phenoxy) is 2. The van der Waals surface area contributed by atoms with E-state index < -0.39 is 0 Å². The van der Waals surface area contributed by atoms with Gasteiger partial charge < -0.3 is 9.47 Å². The van der Waals surface area contributed by atoms with Gasteiger partial charge in [-0.05, 0) is 54.3 Å². The van der Waals surface area contributed by atoms with Crippen molar-refractivity contribution < 1.29 is 9.47 Å². The lowest BCUT2D eigenvalue weighted by Crippen LogP contribution is -2.26. The van der Waals surface area contributed by atoms with Gasteiger partial charge in [-0.2, -0.15) is 0 Å². The lowest BCUT2D eigenvalue weighted by atomic mass is 10.00. The number of thioether (sulfide) groups is 2. The van der Waals surface area contributed by atoms with Gasteiger partial charge in [0.2, 0.25) is 6.79 Å². The van der Waals surface area contributed by atoms with Gasteiger partial charge in [-0.1, -0.05) is 43.8 Å². The van der Waals surface area contributed by atoms with E-state index in [1.54, 1.807) is 27.7 Å². The Morgan fingerprint density at radius 1 is 1.15 bits per heavy atom. The third kappa shape index (κ3) is 3.91. The van der Waals surface area contributed by atoms with Gasteiger partial charge in [0.1, 0.15) is 4.83 Å². The summed E-state index contributed by atoms with van der Waals surface area (Å²) in [4.78, 5) is 21.2. The van der Waals surface area contributed by atoms with Crippen molar-refractivity contribution in [3.05, 3.63) is 74.4 Å². The summed E-state index contributed by atoms with van der Waals surface area (Å²) in [5.41, 5.74) is 4.29. The third-order valence-electron chi connectivity index (χ3n) is 6.14. The number of hydrogen-bond donors (Lipinski definition) is 0. The predicted molar refractivity (Wildman–Crippen MR) is 141 cm³/mol. The zero-order valence-corrected chi connectivity index (χ0v) is 21.7. The Balaban J connectivity index is 1.47. The summed E-state index contributed by atoms with van der Waals surface area (Å²) in [6.07, 6.45) is 0.890. The minimum absolute atomic E-state index is 0.0315. The van der Waals surface area contributed by atoms with Crippen LogP contribution in [-0.2, 0) is 17.9 Å². The largest absolute Gasteiger partial charge is 0.454 e. The number of hydrogen-bond acceptors (Lipinski definition) is 7. The molecule has 2 aliphatic heterocycles. The smallest absolute Gasteiger partial charge is 0.267 e. The predicted octanol–water partition coefficient (Wildman–Crippen LogP) is 6.34. The highest BCUT2D eigenvalue weighted by Crippen LogP contribution is 2.44. The minimum atomic E-state index is 0.0315. The Hall–Kier alpha value is -2.42. The first-order valence-corrected chi connectivity index (χ1v) is 14.0. The second-order valence-corrected chi connectivity index (χ2v) is 13.0. The van der Waals surface area contributed by atoms with Crippen LogP contribution >= 0.6 is 34.9 Å². The van der Waals surface area contributed by atoms with Gasteiger partial charge in [0, 0.05) is 21.1 Å². The molecule has 4 heterocycles. The number of aryl methyl sites for hydroxylation is 1. The van der Waals surface area contributed by atoms with Gasteiger partial charge in [-0.15, -0.1) is 23.1 Å². The van der Waals surface area contributed by atoms with Crippen molar-refractivity contribution in [1.82, 2.24) is 9.55 Å². The molecule has 0 atom stereocenters. The standard InChI is InChI=1S/C26H24N2O3S3/c1-15-5-4-6-17(9-15)28-24(29)22-18-11-26(2,3)33-13-21(18)34-23(22)27-25(28)32-12-16-7-8-19-20(10-16)31-14-30-19/h4-10H,11-14H2,1-3H3. The van der Waals surface area contributed by atoms with Crippen LogP contribution < -0.4 is 15.0 Å². The average Bonchev–Trinajstić information content (AvgIpc) is 3.40. The molecule has 4 aromatic rings. The van der Waals surface area contributed by atoms with Crippen LogP contribution in [0.5, 0.6) is 11.5 Å². The maximum Gasteiger partial charge on any atom is 0.267 e. The SMILES string of the molecule is Cc1cccc(-n2c(SCc3ccc4c(c3)OCO4)nc3sc4c(c3c2=O)CC(C)(C)SC4)c1. The molecule has 5 nitrogen and oxygen atoms in total. The maximum atomic E-state index is 14.0. The Kier molecular flexibility index (Phi) is 5.43. The van der Waals surface area contributed by atoms with E-state index in [-0.39, 0.29) is 17.1 Å². The van der Waals surface area contributed by atoms with Gasteiger partial charge in [-0.25, -0.2) is 4.98 Å². The second kappa shape index (κ2) is 8.36. The van der Waals surface area contributed by atoms with Crippen molar-refractivity contribution in [2.75, 3.05) is 6.79 Å². The average molecular weight is 509 g/mol. The lowest BCUT2D eigenvalue weighted by Gasteiger charge is -2.28.